The number of ether oxygens (including phenoxy) is 1. The van der Waals surface area contributed by atoms with Crippen molar-refractivity contribution in [2.75, 3.05) is 36.5 Å². The van der Waals surface area contributed by atoms with E-state index in [9.17, 15) is 0 Å². The molecule has 0 bridgehead atoms. The van der Waals surface area contributed by atoms with E-state index in [-0.39, 0.29) is 0 Å². The van der Waals surface area contributed by atoms with Crippen molar-refractivity contribution in [1.29, 1.82) is 0 Å². The number of hydrogen-bond donors (Lipinski definition) is 2. The molecule has 4 heteroatoms. The maximum atomic E-state index is 5.93. The summed E-state index contributed by atoms with van der Waals surface area (Å²) in [5.41, 5.74) is 9.27. The number of benzene rings is 2. The molecule has 1 saturated heterocycles. The predicted molar refractivity (Wildman–Crippen MR) is 107 cm³/mol. The summed E-state index contributed by atoms with van der Waals surface area (Å²) >= 11 is 0. The van der Waals surface area contributed by atoms with Gasteiger partial charge >= 0.3 is 0 Å². The normalized spacial score (nSPS) is 24.0. The van der Waals surface area contributed by atoms with Crippen LogP contribution in [0, 0.1) is 13.8 Å². The highest BCUT2D eigenvalue weighted by molar-refractivity contribution is 5.75. The van der Waals surface area contributed by atoms with Crippen molar-refractivity contribution in [3.63, 3.8) is 0 Å². The largest absolute Gasteiger partial charge is 0.375 e. The number of nitrogens with zero attached hydrogens (tertiary/aromatic N) is 1. The lowest BCUT2D eigenvalue weighted by Gasteiger charge is -2.33. The third-order valence-corrected chi connectivity index (χ3v) is 6.24. The Kier molecular flexibility index (Phi) is 3.91. The number of fused-ring (bicyclic) bond motifs is 3. The molecule has 2 aromatic rings. The van der Waals surface area contributed by atoms with Crippen LogP contribution < -0.4 is 15.5 Å². The van der Waals surface area contributed by atoms with Gasteiger partial charge in [-0.2, -0.15) is 0 Å². The number of aryl methyl sites for hydroxylation is 2. The summed E-state index contributed by atoms with van der Waals surface area (Å²) in [5.74, 6) is 0.593. The number of nitrogens with one attached hydrogen (secondary N) is 2. The fourth-order valence-electron chi connectivity index (χ4n) is 5.01. The van der Waals surface area contributed by atoms with Crippen molar-refractivity contribution in [3.05, 3.63) is 52.6 Å². The minimum absolute atomic E-state index is 0.593. The molecule has 5 rings (SSSR count). The van der Waals surface area contributed by atoms with Gasteiger partial charge < -0.3 is 20.3 Å². The molecule has 0 saturated carbocycles. The molecule has 1 fully saturated rings. The highest BCUT2D eigenvalue weighted by atomic mass is 16.5. The molecule has 0 aliphatic carbocycles. The first-order chi connectivity index (χ1) is 12.7. The molecular weight excluding hydrogens is 322 g/mol. The van der Waals surface area contributed by atoms with E-state index in [1.807, 2.05) is 0 Å². The molecule has 3 aliphatic rings. The van der Waals surface area contributed by atoms with Crippen LogP contribution in [0.15, 0.2) is 30.3 Å². The van der Waals surface area contributed by atoms with Gasteiger partial charge in [0.05, 0.1) is 13.2 Å². The van der Waals surface area contributed by atoms with E-state index >= 15 is 0 Å². The molecular formula is C22H27N3O. The van der Waals surface area contributed by atoms with E-state index in [0.717, 1.165) is 26.2 Å². The first kappa shape index (κ1) is 16.2. The maximum Gasteiger partial charge on any atom is 0.0738 e. The van der Waals surface area contributed by atoms with Crippen LogP contribution in [0.3, 0.4) is 0 Å². The topological polar surface area (TPSA) is 36.5 Å². The quantitative estimate of drug-likeness (QED) is 0.864. The van der Waals surface area contributed by atoms with Crippen molar-refractivity contribution < 1.29 is 4.74 Å². The van der Waals surface area contributed by atoms with Gasteiger partial charge in [0.2, 0.25) is 0 Å². The van der Waals surface area contributed by atoms with Gasteiger partial charge in [-0.15, -0.1) is 0 Å². The van der Waals surface area contributed by atoms with Gasteiger partial charge in [-0.05, 0) is 55.6 Å². The van der Waals surface area contributed by atoms with Crippen molar-refractivity contribution in [3.8, 4) is 0 Å². The smallest absolute Gasteiger partial charge is 0.0738 e. The lowest BCUT2D eigenvalue weighted by atomic mass is 9.89. The number of anilines is 3. The molecule has 136 valence electrons. The maximum absolute atomic E-state index is 5.93. The lowest BCUT2D eigenvalue weighted by molar-refractivity contribution is 0.130. The number of rotatable bonds is 2. The number of hydrogen-bond acceptors (Lipinski definition) is 4. The molecule has 0 aromatic heterocycles. The van der Waals surface area contributed by atoms with Gasteiger partial charge in [0.15, 0.2) is 0 Å². The summed E-state index contributed by atoms with van der Waals surface area (Å²) < 4.78 is 5.93. The molecule has 2 aromatic carbocycles. The number of piperidine rings is 1. The molecule has 26 heavy (non-hydrogen) atoms. The zero-order chi connectivity index (χ0) is 17.7. The molecule has 2 N–H and O–H groups in total. The van der Waals surface area contributed by atoms with Crippen molar-refractivity contribution >= 4 is 17.1 Å². The highest BCUT2D eigenvalue weighted by Crippen LogP contribution is 2.47. The molecule has 3 heterocycles. The third kappa shape index (κ3) is 2.51. The van der Waals surface area contributed by atoms with Crippen LogP contribution in [0.4, 0.5) is 17.1 Å². The van der Waals surface area contributed by atoms with Gasteiger partial charge in [-0.1, -0.05) is 18.2 Å². The van der Waals surface area contributed by atoms with E-state index in [0.29, 0.717) is 18.6 Å². The van der Waals surface area contributed by atoms with Gasteiger partial charge in [-0.3, -0.25) is 0 Å². The Bertz CT molecular complexity index is 827. The monoisotopic (exact) mass is 349 g/mol. The van der Waals surface area contributed by atoms with Crippen molar-refractivity contribution in [2.45, 2.75) is 38.8 Å². The first-order valence-electron chi connectivity index (χ1n) is 9.77. The second-order valence-electron chi connectivity index (χ2n) is 7.88. The molecule has 3 aliphatic heterocycles. The second kappa shape index (κ2) is 6.29. The van der Waals surface area contributed by atoms with Gasteiger partial charge in [0.25, 0.3) is 0 Å². The van der Waals surface area contributed by atoms with Crippen LogP contribution in [0.1, 0.15) is 34.6 Å². The summed E-state index contributed by atoms with van der Waals surface area (Å²) in [4.78, 5) is 2.63. The fraction of sp³-hybridized carbons (Fsp3) is 0.455. The van der Waals surface area contributed by atoms with Gasteiger partial charge in [-0.25, -0.2) is 0 Å². The average molecular weight is 349 g/mol. The minimum atomic E-state index is 0.593. The first-order valence-corrected chi connectivity index (χ1v) is 9.77. The van der Waals surface area contributed by atoms with Crippen LogP contribution in [0.25, 0.3) is 0 Å². The van der Waals surface area contributed by atoms with Crippen LogP contribution in [-0.4, -0.2) is 32.3 Å². The average Bonchev–Trinajstić information content (AvgIpc) is 2.81. The van der Waals surface area contributed by atoms with Crippen LogP contribution >= 0.6 is 0 Å². The fourth-order valence-corrected chi connectivity index (χ4v) is 5.01. The summed E-state index contributed by atoms with van der Waals surface area (Å²) in [7, 11) is 0. The van der Waals surface area contributed by atoms with E-state index in [1.165, 1.54) is 45.7 Å². The minimum Gasteiger partial charge on any atom is -0.375 e. The van der Waals surface area contributed by atoms with E-state index in [1.54, 1.807) is 0 Å². The molecule has 4 nitrogen and oxygen atoms in total. The van der Waals surface area contributed by atoms with Crippen LogP contribution in [-0.2, 0) is 11.3 Å². The molecule has 0 radical (unpaired) electrons. The standard InChI is InChI=1S/C22H27N3O/c1-14-4-3-5-15(2)21(14)24-17-10-16-13-26-9-8-25-20-6-7-23-12-19(20)18(11-17)22(16)25/h3-5,10-11,19-20,23-24H,6-9,12-13H2,1-2H3. The van der Waals surface area contributed by atoms with Crippen LogP contribution in [0.2, 0.25) is 0 Å². The lowest BCUT2D eigenvalue weighted by Crippen LogP contribution is -2.44. The van der Waals surface area contributed by atoms with Gasteiger partial charge in [0.1, 0.15) is 0 Å². The van der Waals surface area contributed by atoms with E-state index < -0.39 is 0 Å². The molecule has 2 atom stereocenters. The highest BCUT2D eigenvalue weighted by Gasteiger charge is 2.41. The Labute approximate surface area is 155 Å². The summed E-state index contributed by atoms with van der Waals surface area (Å²) in [6.07, 6.45) is 1.22. The SMILES string of the molecule is Cc1cccc(C)c1Nc1cc2c3c(c1)C1CNCCC1N3CCOC2. The zero-order valence-corrected chi connectivity index (χ0v) is 15.6. The van der Waals surface area contributed by atoms with E-state index in [2.05, 4.69) is 59.7 Å². The Hall–Kier alpha value is -2.04. The zero-order valence-electron chi connectivity index (χ0n) is 15.6. The molecule has 0 spiro atoms. The van der Waals surface area contributed by atoms with Crippen molar-refractivity contribution in [2.24, 2.45) is 0 Å². The third-order valence-electron chi connectivity index (χ3n) is 6.24. The van der Waals surface area contributed by atoms with E-state index in [4.69, 9.17) is 4.74 Å². The number of para-hydroxylation sites is 1. The predicted octanol–water partition coefficient (Wildman–Crippen LogP) is 3.84. The Balaban J connectivity index is 1.59. The molecule has 2 unspecified atom stereocenters. The second-order valence-corrected chi connectivity index (χ2v) is 7.88. The Morgan fingerprint density at radius 3 is 2.88 bits per heavy atom. The van der Waals surface area contributed by atoms with Gasteiger partial charge in [0, 0.05) is 47.7 Å². The summed E-state index contributed by atoms with van der Waals surface area (Å²) in [5, 5.41) is 7.31. The summed E-state index contributed by atoms with van der Waals surface area (Å²) in [6.45, 7) is 9.10. The summed E-state index contributed by atoms with van der Waals surface area (Å²) in [6, 6.07) is 11.8. The Morgan fingerprint density at radius 2 is 2.04 bits per heavy atom. The Morgan fingerprint density at radius 1 is 1.19 bits per heavy atom. The van der Waals surface area contributed by atoms with Crippen LogP contribution in [0.5, 0.6) is 0 Å². The van der Waals surface area contributed by atoms with Crippen molar-refractivity contribution in [1.82, 2.24) is 5.32 Å². The molecule has 0 amide bonds.